The van der Waals surface area contributed by atoms with Crippen LogP contribution in [0.1, 0.15) is 49.0 Å². The summed E-state index contributed by atoms with van der Waals surface area (Å²) >= 11 is 0.769. The monoisotopic (exact) mass is 484 g/mol. The van der Waals surface area contributed by atoms with Gasteiger partial charge in [-0.15, -0.1) is 0 Å². The van der Waals surface area contributed by atoms with E-state index >= 15 is 0 Å². The molecule has 2 amide bonds. The molecule has 2 fully saturated rings. The second kappa shape index (κ2) is 15.2. The van der Waals surface area contributed by atoms with E-state index in [1.807, 2.05) is 50.2 Å². The molecular weight excluding hydrogens is 448 g/mol. The number of fused-ring (bicyclic) bond motifs is 1. The Bertz CT molecular complexity index is 917. The van der Waals surface area contributed by atoms with Crippen LogP contribution in [0.15, 0.2) is 65.7 Å². The Morgan fingerprint density at radius 2 is 1.71 bits per heavy atom. The van der Waals surface area contributed by atoms with Crippen molar-refractivity contribution < 1.29 is 14.1 Å². The predicted octanol–water partition coefficient (Wildman–Crippen LogP) is 4.42. The quantitative estimate of drug-likeness (QED) is 0.472. The third-order valence-corrected chi connectivity index (χ3v) is 5.79. The summed E-state index contributed by atoms with van der Waals surface area (Å²) in [4.78, 5) is 25.2. The van der Waals surface area contributed by atoms with Crippen LogP contribution < -0.4 is 20.9 Å². The largest absolute Gasteiger partial charge is 0.369 e. The maximum Gasteiger partial charge on any atom is 0.251 e. The first kappa shape index (κ1) is 27.4. The van der Waals surface area contributed by atoms with Gasteiger partial charge in [-0.1, -0.05) is 38.6 Å². The molecule has 0 aromatic heterocycles. The summed E-state index contributed by atoms with van der Waals surface area (Å²) in [5.41, 5.74) is 4.05. The van der Waals surface area contributed by atoms with Crippen LogP contribution in [0, 0.1) is 0 Å². The van der Waals surface area contributed by atoms with Gasteiger partial charge in [0.05, 0.1) is 0 Å². The van der Waals surface area contributed by atoms with Crippen molar-refractivity contribution in [2.24, 2.45) is 0 Å². The van der Waals surface area contributed by atoms with Crippen LogP contribution in [-0.4, -0.2) is 42.5 Å². The normalized spacial score (nSPS) is 16.3. The van der Waals surface area contributed by atoms with Crippen molar-refractivity contribution in [2.75, 3.05) is 31.1 Å². The molecule has 3 aliphatic heterocycles. The zero-order chi connectivity index (χ0) is 24.8. The van der Waals surface area contributed by atoms with Crippen molar-refractivity contribution in [3.63, 3.8) is 0 Å². The standard InChI is InChI=1S/C12H15N3O.C6H9NO.C6H6OS.C2H6/c16-12-11-2-1-10(7-9(11)8-14-12)15-5-3-13-4-6-15;1-5-3-2-4-6(8)7-5;7-8-6-4-2-1-3-5-6;1-2/h1-2,7,13H,3-6,8H2,(H,14,16);1-4H2,(H,7,8);1-5,7H;1-2H3. The molecule has 0 aliphatic carbocycles. The van der Waals surface area contributed by atoms with Crippen molar-refractivity contribution in [3.05, 3.63) is 71.9 Å². The van der Waals surface area contributed by atoms with Gasteiger partial charge in [-0.2, -0.15) is 0 Å². The zero-order valence-corrected chi connectivity index (χ0v) is 20.9. The number of carbonyl (C=O) groups excluding carboxylic acids is 2. The van der Waals surface area contributed by atoms with Crippen LogP contribution in [0.4, 0.5) is 5.69 Å². The average Bonchev–Trinajstić information content (AvgIpc) is 3.27. The molecule has 0 saturated carbocycles. The summed E-state index contributed by atoms with van der Waals surface area (Å²) in [6.45, 7) is 12.5. The Labute approximate surface area is 207 Å². The lowest BCUT2D eigenvalue weighted by Crippen LogP contribution is -2.43. The van der Waals surface area contributed by atoms with Gasteiger partial charge in [0.2, 0.25) is 5.91 Å². The number of nitrogens with zero attached hydrogens (tertiary/aromatic N) is 1. The number of rotatable bonds is 2. The van der Waals surface area contributed by atoms with Crippen LogP contribution in [0.3, 0.4) is 0 Å². The average molecular weight is 485 g/mol. The third-order valence-electron chi connectivity index (χ3n) is 5.30. The Hall–Kier alpha value is -2.81. The summed E-state index contributed by atoms with van der Waals surface area (Å²) in [6, 6.07) is 15.5. The number of hydrogen-bond donors (Lipinski definition) is 4. The summed E-state index contributed by atoms with van der Waals surface area (Å²) in [5, 5.41) is 8.83. The number of carbonyl (C=O) groups is 2. The first-order chi connectivity index (χ1) is 16.6. The van der Waals surface area contributed by atoms with E-state index in [9.17, 15) is 9.59 Å². The van der Waals surface area contributed by atoms with E-state index in [2.05, 4.69) is 39.6 Å². The molecule has 3 heterocycles. The lowest BCUT2D eigenvalue weighted by molar-refractivity contribution is -0.121. The molecule has 8 heteroatoms. The molecule has 0 radical (unpaired) electrons. The van der Waals surface area contributed by atoms with Gasteiger partial charge in [0.25, 0.3) is 5.91 Å². The fraction of sp³-hybridized carbons (Fsp3) is 0.385. The minimum atomic E-state index is 0.0573. The number of benzene rings is 2. The molecule has 0 unspecified atom stereocenters. The number of anilines is 1. The van der Waals surface area contributed by atoms with Crippen LogP contribution in [-0.2, 0) is 11.3 Å². The maximum absolute atomic E-state index is 11.4. The maximum atomic E-state index is 11.4. The van der Waals surface area contributed by atoms with Gasteiger partial charge in [0.1, 0.15) is 0 Å². The predicted molar refractivity (Wildman–Crippen MR) is 140 cm³/mol. The van der Waals surface area contributed by atoms with Gasteiger partial charge in [0.15, 0.2) is 0 Å². The van der Waals surface area contributed by atoms with E-state index in [1.165, 1.54) is 5.69 Å². The Morgan fingerprint density at radius 1 is 1.00 bits per heavy atom. The minimum absolute atomic E-state index is 0.0573. The lowest BCUT2D eigenvalue weighted by atomic mass is 10.1. The highest BCUT2D eigenvalue weighted by atomic mass is 32.2. The highest BCUT2D eigenvalue weighted by Gasteiger charge is 2.20. The van der Waals surface area contributed by atoms with Crippen molar-refractivity contribution >= 4 is 29.5 Å². The molecule has 0 bridgehead atoms. The zero-order valence-electron chi connectivity index (χ0n) is 20.1. The SMILES string of the molecule is C=C1CCCC(=O)N1.CC.O=C1NCc2cc(N3CCNCC3)ccc21.OSc1ccccc1. The molecule has 0 spiro atoms. The molecule has 34 heavy (non-hydrogen) atoms. The van der Waals surface area contributed by atoms with Crippen LogP contribution in [0.25, 0.3) is 0 Å². The molecule has 2 saturated heterocycles. The number of nitrogens with one attached hydrogen (secondary N) is 3. The van der Waals surface area contributed by atoms with Crippen molar-refractivity contribution in [1.82, 2.24) is 16.0 Å². The van der Waals surface area contributed by atoms with Gasteiger partial charge in [-0.3, -0.25) is 9.59 Å². The van der Waals surface area contributed by atoms with Crippen molar-refractivity contribution in [1.29, 1.82) is 0 Å². The molecule has 0 atom stereocenters. The van der Waals surface area contributed by atoms with Crippen LogP contribution in [0.5, 0.6) is 0 Å². The second-order valence-corrected chi connectivity index (χ2v) is 8.32. The van der Waals surface area contributed by atoms with Gasteiger partial charge in [0, 0.05) is 73.0 Å². The summed E-state index contributed by atoms with van der Waals surface area (Å²) < 4.78 is 8.45. The van der Waals surface area contributed by atoms with Crippen molar-refractivity contribution in [2.45, 2.75) is 44.6 Å². The fourth-order valence-electron chi connectivity index (χ4n) is 3.60. The van der Waals surface area contributed by atoms with E-state index in [0.29, 0.717) is 13.0 Å². The smallest absolute Gasteiger partial charge is 0.251 e. The summed E-state index contributed by atoms with van der Waals surface area (Å²) in [5.74, 6) is 0.170. The Morgan fingerprint density at radius 3 is 2.26 bits per heavy atom. The molecule has 184 valence electrons. The topological polar surface area (TPSA) is 93.7 Å². The highest BCUT2D eigenvalue weighted by Crippen LogP contribution is 2.23. The third kappa shape index (κ3) is 8.85. The summed E-state index contributed by atoms with van der Waals surface area (Å²) in [7, 11) is 0. The van der Waals surface area contributed by atoms with E-state index < -0.39 is 0 Å². The number of amides is 2. The van der Waals surface area contributed by atoms with E-state index in [4.69, 9.17) is 4.55 Å². The number of piperidine rings is 1. The molecule has 3 aliphatic rings. The fourth-order valence-corrected chi connectivity index (χ4v) is 3.88. The minimum Gasteiger partial charge on any atom is -0.369 e. The first-order valence-corrected chi connectivity index (χ1v) is 12.5. The number of allylic oxidation sites excluding steroid dienone is 1. The van der Waals surface area contributed by atoms with E-state index in [1.54, 1.807) is 0 Å². The van der Waals surface area contributed by atoms with Crippen molar-refractivity contribution in [3.8, 4) is 0 Å². The molecule has 5 rings (SSSR count). The number of piperazine rings is 1. The number of hydrogen-bond acceptors (Lipinski definition) is 6. The molecule has 7 nitrogen and oxygen atoms in total. The van der Waals surface area contributed by atoms with Gasteiger partial charge in [-0.25, -0.2) is 0 Å². The summed E-state index contributed by atoms with van der Waals surface area (Å²) in [6.07, 6.45) is 2.58. The van der Waals surface area contributed by atoms with Crippen LogP contribution in [0.2, 0.25) is 0 Å². The van der Waals surface area contributed by atoms with Crippen LogP contribution >= 0.6 is 12.0 Å². The van der Waals surface area contributed by atoms with E-state index in [-0.39, 0.29) is 11.8 Å². The molecule has 4 N–H and O–H groups in total. The molecule has 2 aromatic carbocycles. The van der Waals surface area contributed by atoms with Gasteiger partial charge >= 0.3 is 0 Å². The highest BCUT2D eigenvalue weighted by molar-refractivity contribution is 7.93. The Kier molecular flexibility index (Phi) is 12.2. The Balaban J connectivity index is 0.000000192. The van der Waals surface area contributed by atoms with Gasteiger partial charge in [-0.05, 0) is 48.7 Å². The van der Waals surface area contributed by atoms with E-state index in [0.717, 1.165) is 72.8 Å². The lowest BCUT2D eigenvalue weighted by Gasteiger charge is -2.29. The van der Waals surface area contributed by atoms with Gasteiger partial charge < -0.3 is 25.4 Å². The second-order valence-electron chi connectivity index (χ2n) is 7.67. The first-order valence-electron chi connectivity index (χ1n) is 11.8. The molecular formula is C26H36N4O3S. The molecule has 2 aromatic rings.